The van der Waals surface area contributed by atoms with Crippen LogP contribution in [0, 0.1) is 0 Å². The maximum absolute atomic E-state index is 12.4. The number of rotatable bonds is 9. The molecule has 2 aromatic rings. The van der Waals surface area contributed by atoms with Gasteiger partial charge in [0.15, 0.2) is 0 Å². The zero-order chi connectivity index (χ0) is 28.8. The Hall–Kier alpha value is -2.54. The molecule has 2 fully saturated rings. The van der Waals surface area contributed by atoms with Crippen molar-refractivity contribution in [1.29, 1.82) is 0 Å². The summed E-state index contributed by atoms with van der Waals surface area (Å²) in [5, 5.41) is 10.7. The van der Waals surface area contributed by atoms with E-state index in [0.717, 1.165) is 9.13 Å². The van der Waals surface area contributed by atoms with Gasteiger partial charge < -0.3 is 50.1 Å². The van der Waals surface area contributed by atoms with E-state index in [0.29, 0.717) is 0 Å². The van der Waals surface area contributed by atoms with Gasteiger partial charge in [0.25, 0.3) is 7.82 Å². The lowest BCUT2D eigenvalue weighted by atomic mass is 9.89. The standard InChI is InChI=1S/C18H26N6O13P2/c19-12-1-3-23(16(26)21-12)14-5-9(25)10(35-14)7-18(8-34-38(28,29)30)11(37-39(31,32)33)6-15(36-18)24-4-2-13(20)22-17(24)27/h1-4,9-11,14-15,25H,5-8H2,(H2,19,21,26)(H2,20,22,27)(H2,28,29,30)(H2,31,32,33)/p-1. The number of aliphatic hydroxyl groups is 1. The normalized spacial score (nSPS) is 30.8. The quantitative estimate of drug-likeness (QED) is 0.161. The third kappa shape index (κ3) is 6.97. The average Bonchev–Trinajstić information content (AvgIpc) is 3.31. The van der Waals surface area contributed by atoms with Gasteiger partial charge in [-0.3, -0.25) is 18.2 Å². The maximum Gasteiger partial charge on any atom is 0.469 e. The van der Waals surface area contributed by atoms with E-state index in [2.05, 4.69) is 14.5 Å². The number of phosphoric acid groups is 2. The summed E-state index contributed by atoms with van der Waals surface area (Å²) in [6.45, 7) is -1.03. The number of nitrogens with zero attached hydrogens (tertiary/aromatic N) is 4. The number of phosphoric ester groups is 2. The zero-order valence-corrected chi connectivity index (χ0v) is 21.6. The van der Waals surface area contributed by atoms with Gasteiger partial charge in [0.2, 0.25) is 0 Å². The third-order valence-electron chi connectivity index (χ3n) is 6.19. The molecule has 4 rings (SSSR count). The molecule has 0 bridgehead atoms. The van der Waals surface area contributed by atoms with Gasteiger partial charge in [-0.1, -0.05) is 0 Å². The van der Waals surface area contributed by atoms with Crippen LogP contribution in [0.1, 0.15) is 31.7 Å². The minimum absolute atomic E-state index is 0.0521. The highest BCUT2D eigenvalue weighted by molar-refractivity contribution is 7.46. The lowest BCUT2D eigenvalue weighted by Gasteiger charge is -2.37. The van der Waals surface area contributed by atoms with Crippen LogP contribution < -0.4 is 27.7 Å². The second kappa shape index (κ2) is 10.8. The van der Waals surface area contributed by atoms with Gasteiger partial charge in [-0.05, 0) is 12.1 Å². The SMILES string of the molecule is Nc1ccn(C2CC(O)C(CC3(COP(=O)(O)O)OC(n4ccc(N)nc4=O)CC3OP(=O)([O-])O)O2)c(=O)n1. The smallest absolute Gasteiger partial charge is 0.469 e. The van der Waals surface area contributed by atoms with E-state index in [9.17, 15) is 43.4 Å². The van der Waals surface area contributed by atoms with Gasteiger partial charge in [-0.15, -0.1) is 0 Å². The zero-order valence-electron chi connectivity index (χ0n) is 19.8. The second-order valence-corrected chi connectivity index (χ2v) is 11.3. The molecule has 8 N–H and O–H groups in total. The highest BCUT2D eigenvalue weighted by Gasteiger charge is 2.55. The summed E-state index contributed by atoms with van der Waals surface area (Å²) in [7, 11) is -10.7. The fourth-order valence-electron chi connectivity index (χ4n) is 4.52. The lowest BCUT2D eigenvalue weighted by Crippen LogP contribution is -2.49. The van der Waals surface area contributed by atoms with E-state index in [4.69, 9.17) is 25.5 Å². The van der Waals surface area contributed by atoms with Crippen molar-refractivity contribution in [2.75, 3.05) is 18.1 Å². The topological polar surface area (TPSA) is 297 Å². The van der Waals surface area contributed by atoms with Crippen LogP contribution in [0.5, 0.6) is 0 Å². The summed E-state index contributed by atoms with van der Waals surface area (Å²) >= 11 is 0. The van der Waals surface area contributed by atoms with Crippen molar-refractivity contribution in [1.82, 2.24) is 19.1 Å². The summed E-state index contributed by atoms with van der Waals surface area (Å²) in [5.41, 5.74) is 7.16. The molecule has 7 atom stereocenters. The van der Waals surface area contributed by atoms with Gasteiger partial charge in [-0.2, -0.15) is 9.97 Å². The van der Waals surface area contributed by atoms with Crippen LogP contribution in [0.4, 0.5) is 11.6 Å². The predicted octanol–water partition coefficient (Wildman–Crippen LogP) is -2.68. The lowest BCUT2D eigenvalue weighted by molar-refractivity contribution is -0.232. The van der Waals surface area contributed by atoms with E-state index >= 15 is 0 Å². The van der Waals surface area contributed by atoms with E-state index < -0.39 is 82.8 Å². The molecule has 2 aliphatic rings. The van der Waals surface area contributed by atoms with Crippen molar-refractivity contribution < 1.29 is 52.3 Å². The highest BCUT2D eigenvalue weighted by Crippen LogP contribution is 2.50. The first kappa shape index (κ1) is 29.4. The molecule has 2 saturated heterocycles. The second-order valence-electron chi connectivity index (χ2n) is 8.92. The number of anilines is 2. The molecule has 19 nitrogen and oxygen atoms in total. The van der Waals surface area contributed by atoms with Crippen molar-refractivity contribution in [2.24, 2.45) is 0 Å². The largest absolute Gasteiger partial charge is 0.756 e. The van der Waals surface area contributed by atoms with Crippen LogP contribution in [0.3, 0.4) is 0 Å². The summed E-state index contributed by atoms with van der Waals surface area (Å²) < 4.78 is 46.4. The molecule has 0 radical (unpaired) electrons. The Kier molecular flexibility index (Phi) is 8.15. The first-order chi connectivity index (χ1) is 18.1. The average molecular weight is 595 g/mol. The Labute approximate surface area is 218 Å². The molecule has 0 aromatic carbocycles. The van der Waals surface area contributed by atoms with Crippen molar-refractivity contribution in [3.8, 4) is 0 Å². The molecular weight excluding hydrogens is 570 g/mol. The summed E-state index contributed by atoms with van der Waals surface area (Å²) in [6.07, 6.45) is -5.37. The van der Waals surface area contributed by atoms with Crippen molar-refractivity contribution >= 4 is 27.3 Å². The third-order valence-corrected chi connectivity index (χ3v) is 7.17. The molecule has 7 unspecified atom stereocenters. The number of hydrogen-bond acceptors (Lipinski definition) is 14. The molecule has 2 aliphatic heterocycles. The Morgan fingerprint density at radius 3 is 2.13 bits per heavy atom. The summed E-state index contributed by atoms with van der Waals surface area (Å²) in [6, 6.07) is 2.56. The minimum Gasteiger partial charge on any atom is -0.756 e. The van der Waals surface area contributed by atoms with Gasteiger partial charge in [-0.25, -0.2) is 14.2 Å². The Morgan fingerprint density at radius 1 is 1.05 bits per heavy atom. The Balaban J connectivity index is 1.70. The molecule has 2 aromatic heterocycles. The van der Waals surface area contributed by atoms with Crippen molar-refractivity contribution in [3.63, 3.8) is 0 Å². The van der Waals surface area contributed by atoms with Crippen LogP contribution in [0.15, 0.2) is 34.1 Å². The summed E-state index contributed by atoms with van der Waals surface area (Å²) in [4.78, 5) is 71.6. The Morgan fingerprint density at radius 2 is 1.62 bits per heavy atom. The monoisotopic (exact) mass is 595 g/mol. The van der Waals surface area contributed by atoms with Crippen LogP contribution in [-0.2, 0) is 27.7 Å². The number of hydrogen-bond donors (Lipinski definition) is 6. The van der Waals surface area contributed by atoms with Crippen molar-refractivity contribution in [2.45, 2.75) is 55.6 Å². The number of ether oxygens (including phenoxy) is 2. The molecular formula is C18H25N6O13P2-. The first-order valence-electron chi connectivity index (χ1n) is 11.2. The summed E-state index contributed by atoms with van der Waals surface area (Å²) in [5.74, 6) is -0.179. The number of nitrogen functional groups attached to an aromatic ring is 2. The number of nitrogens with two attached hydrogens (primary N) is 2. The van der Waals surface area contributed by atoms with Crippen molar-refractivity contribution in [3.05, 3.63) is 45.5 Å². The molecule has 0 amide bonds. The van der Waals surface area contributed by atoms with Crippen LogP contribution in [0.25, 0.3) is 0 Å². The fraction of sp³-hybridized carbons (Fsp3) is 0.556. The fourth-order valence-corrected chi connectivity index (χ4v) is 5.51. The molecule has 21 heteroatoms. The molecule has 39 heavy (non-hydrogen) atoms. The van der Waals surface area contributed by atoms with E-state index in [1.165, 1.54) is 24.5 Å². The predicted molar refractivity (Wildman–Crippen MR) is 125 cm³/mol. The van der Waals surface area contributed by atoms with Crippen LogP contribution in [0.2, 0.25) is 0 Å². The van der Waals surface area contributed by atoms with E-state index in [1.807, 2.05) is 0 Å². The molecule has 0 spiro atoms. The number of aromatic nitrogens is 4. The van der Waals surface area contributed by atoms with Crippen LogP contribution >= 0.6 is 15.6 Å². The molecule has 216 valence electrons. The molecule has 0 saturated carbocycles. The number of aliphatic hydroxyl groups excluding tert-OH is 1. The maximum atomic E-state index is 12.4. The van der Waals surface area contributed by atoms with Gasteiger partial charge >= 0.3 is 19.2 Å². The van der Waals surface area contributed by atoms with E-state index in [1.54, 1.807) is 0 Å². The van der Waals surface area contributed by atoms with Gasteiger partial charge in [0.05, 0.1) is 18.8 Å². The minimum atomic E-state index is -5.50. The highest BCUT2D eigenvalue weighted by atomic mass is 31.2. The van der Waals surface area contributed by atoms with Gasteiger partial charge in [0, 0.05) is 31.7 Å². The molecule has 0 aliphatic carbocycles. The first-order valence-corrected chi connectivity index (χ1v) is 14.2. The van der Waals surface area contributed by atoms with Gasteiger partial charge in [0.1, 0.15) is 35.8 Å². The van der Waals surface area contributed by atoms with Crippen LogP contribution in [-0.4, -0.2) is 69.4 Å². The molecule has 4 heterocycles. The van der Waals surface area contributed by atoms with E-state index in [-0.39, 0.29) is 18.1 Å². The Bertz CT molecular complexity index is 1420.